The van der Waals surface area contributed by atoms with Gasteiger partial charge in [-0.3, -0.25) is 37.3 Å². The first-order chi connectivity index (χ1) is 45.7. The molecule has 0 aromatic rings. The van der Waals surface area contributed by atoms with E-state index < -0.39 is 97.5 Å². The molecule has 564 valence electrons. The van der Waals surface area contributed by atoms with Crippen molar-refractivity contribution in [3.05, 3.63) is 0 Å². The second-order valence-corrected chi connectivity index (χ2v) is 31.5. The maximum atomic E-state index is 13.1. The molecule has 0 saturated carbocycles. The molecule has 5 unspecified atom stereocenters. The van der Waals surface area contributed by atoms with Gasteiger partial charge in [0.15, 0.2) is 12.2 Å². The summed E-state index contributed by atoms with van der Waals surface area (Å²) in [6.07, 6.45) is 50.1. The lowest BCUT2D eigenvalue weighted by Crippen LogP contribution is -2.30. The number of aliphatic hydroxyl groups is 1. The molecule has 0 aliphatic rings. The number of phosphoric acid groups is 2. The summed E-state index contributed by atoms with van der Waals surface area (Å²) >= 11 is 0. The van der Waals surface area contributed by atoms with E-state index in [4.69, 9.17) is 37.0 Å². The number of ether oxygens (including phenoxy) is 4. The minimum Gasteiger partial charge on any atom is -0.462 e. The number of esters is 4. The lowest BCUT2D eigenvalue weighted by molar-refractivity contribution is -0.161. The Labute approximate surface area is 581 Å². The molecule has 3 N–H and O–H groups in total. The average molecular weight is 1400 g/mol. The minimum atomic E-state index is -4.96. The molecule has 0 bridgehead atoms. The van der Waals surface area contributed by atoms with Gasteiger partial charge in [-0.05, 0) is 49.4 Å². The van der Waals surface area contributed by atoms with Gasteiger partial charge in [0.25, 0.3) is 0 Å². The number of phosphoric ester groups is 2. The van der Waals surface area contributed by atoms with E-state index in [1.165, 1.54) is 173 Å². The van der Waals surface area contributed by atoms with Gasteiger partial charge in [0.1, 0.15) is 19.3 Å². The van der Waals surface area contributed by atoms with Crippen LogP contribution in [-0.2, 0) is 65.4 Å². The normalized spacial score (nSPS) is 15.0. The van der Waals surface area contributed by atoms with Gasteiger partial charge in [0.05, 0.1) is 26.4 Å². The van der Waals surface area contributed by atoms with Crippen molar-refractivity contribution in [2.45, 2.75) is 401 Å². The molecule has 0 radical (unpaired) electrons. The van der Waals surface area contributed by atoms with Crippen molar-refractivity contribution in [1.82, 2.24) is 0 Å². The molecule has 0 heterocycles. The van der Waals surface area contributed by atoms with Crippen LogP contribution in [0.2, 0.25) is 0 Å². The van der Waals surface area contributed by atoms with Gasteiger partial charge < -0.3 is 33.8 Å². The molecule has 19 heteroatoms. The molecular weight excluding hydrogens is 1250 g/mol. The first-order valence-electron chi connectivity index (χ1n) is 39.3. The second kappa shape index (κ2) is 65.4. The Morgan fingerprint density at radius 1 is 0.295 bits per heavy atom. The molecule has 0 aliphatic heterocycles. The van der Waals surface area contributed by atoms with E-state index in [2.05, 4.69) is 55.4 Å². The van der Waals surface area contributed by atoms with Crippen LogP contribution in [0.1, 0.15) is 383 Å². The molecule has 0 spiro atoms. The SMILES string of the molecule is CCC(C)CCCCCCCCCCCCC(=O)O[C@H](COC(=O)CCCCCCCCC(C)CC)COP(=O)(O)OC[C@@H](O)COP(=O)(O)OC[C@@H](COC(=O)CCCCCCCCC(C)CC)OC(=O)CCCCCCCCCCCCCCCCCCCCC(C)C. The second-order valence-electron chi connectivity index (χ2n) is 28.6. The summed E-state index contributed by atoms with van der Waals surface area (Å²) in [5, 5.41) is 10.6. The lowest BCUT2D eigenvalue weighted by Gasteiger charge is -2.21. The summed E-state index contributed by atoms with van der Waals surface area (Å²) in [4.78, 5) is 72.7. The Morgan fingerprint density at radius 2 is 0.505 bits per heavy atom. The van der Waals surface area contributed by atoms with Crippen LogP contribution in [0.5, 0.6) is 0 Å². The third-order valence-corrected chi connectivity index (χ3v) is 20.6. The molecule has 8 atom stereocenters. The van der Waals surface area contributed by atoms with E-state index in [-0.39, 0.29) is 25.7 Å². The zero-order valence-corrected chi connectivity index (χ0v) is 64.1. The molecule has 17 nitrogen and oxygen atoms in total. The topological polar surface area (TPSA) is 237 Å². The van der Waals surface area contributed by atoms with Crippen LogP contribution in [-0.4, -0.2) is 96.7 Å². The van der Waals surface area contributed by atoms with Crippen molar-refractivity contribution in [2.24, 2.45) is 23.7 Å². The fraction of sp³-hybridized carbons (Fsp3) is 0.947. The largest absolute Gasteiger partial charge is 0.472 e. The maximum Gasteiger partial charge on any atom is 0.472 e. The van der Waals surface area contributed by atoms with Crippen molar-refractivity contribution in [1.29, 1.82) is 0 Å². The highest BCUT2D eigenvalue weighted by atomic mass is 31.2. The van der Waals surface area contributed by atoms with Crippen LogP contribution < -0.4 is 0 Å². The van der Waals surface area contributed by atoms with Gasteiger partial charge in [-0.25, -0.2) is 9.13 Å². The highest BCUT2D eigenvalue weighted by molar-refractivity contribution is 7.47. The highest BCUT2D eigenvalue weighted by Crippen LogP contribution is 2.45. The third kappa shape index (κ3) is 66.4. The average Bonchev–Trinajstić information content (AvgIpc) is 1.87. The van der Waals surface area contributed by atoms with Crippen molar-refractivity contribution in [3.63, 3.8) is 0 Å². The molecular formula is C76H148O17P2. The number of hydrogen-bond acceptors (Lipinski definition) is 15. The van der Waals surface area contributed by atoms with Gasteiger partial charge >= 0.3 is 39.5 Å². The molecule has 0 rings (SSSR count). The first kappa shape index (κ1) is 93.1. The zero-order valence-electron chi connectivity index (χ0n) is 62.3. The van der Waals surface area contributed by atoms with Crippen molar-refractivity contribution < 1.29 is 80.2 Å². The summed E-state index contributed by atoms with van der Waals surface area (Å²) in [5.74, 6) is 0.961. The van der Waals surface area contributed by atoms with Crippen LogP contribution in [0.3, 0.4) is 0 Å². The van der Waals surface area contributed by atoms with Crippen molar-refractivity contribution in [2.75, 3.05) is 39.6 Å². The smallest absolute Gasteiger partial charge is 0.462 e. The summed E-state index contributed by atoms with van der Waals surface area (Å²) in [7, 11) is -9.91. The van der Waals surface area contributed by atoms with E-state index in [9.17, 15) is 43.2 Å². The number of hydrogen-bond donors (Lipinski definition) is 3. The van der Waals surface area contributed by atoms with Crippen LogP contribution >= 0.6 is 15.6 Å². The van der Waals surface area contributed by atoms with Crippen molar-refractivity contribution in [3.8, 4) is 0 Å². The highest BCUT2D eigenvalue weighted by Gasteiger charge is 2.30. The predicted octanol–water partition coefficient (Wildman–Crippen LogP) is 22.0. The Balaban J connectivity index is 5.19. The van der Waals surface area contributed by atoms with Crippen molar-refractivity contribution >= 4 is 39.5 Å². The lowest BCUT2D eigenvalue weighted by atomic mass is 9.99. The standard InChI is InChI=1S/C76H148O17P2/c1-9-67(6)53-45-37-29-25-22-23-27-31-43-51-59-76(81)93-72(63-87-74(79)57-49-41-35-33-39-47-55-69(8)11-3)65-91-95(84,85)89-61-70(77)60-88-94(82,83)90-64-71(62-86-73(78)56-48-40-34-32-38-46-54-68(7)10-2)92-75(80)58-50-42-30-26-21-19-17-15-13-12-14-16-18-20-24-28-36-44-52-66(4)5/h66-72,77H,9-65H2,1-8H3,(H,82,83)(H,84,85)/t67?,68?,69?,70-,71+,72+/m0/s1. The first-order valence-corrected chi connectivity index (χ1v) is 42.3. The quantitative estimate of drug-likeness (QED) is 0.0222. The van der Waals surface area contributed by atoms with Crippen LogP contribution in [0, 0.1) is 23.7 Å². The van der Waals surface area contributed by atoms with Crippen LogP contribution in [0.15, 0.2) is 0 Å². The fourth-order valence-corrected chi connectivity index (χ4v) is 13.0. The van der Waals surface area contributed by atoms with E-state index >= 15 is 0 Å². The van der Waals surface area contributed by atoms with Gasteiger partial charge in [-0.2, -0.15) is 0 Å². The monoisotopic (exact) mass is 1400 g/mol. The number of unbranched alkanes of at least 4 members (excludes halogenated alkanes) is 36. The van der Waals surface area contributed by atoms with E-state index in [0.717, 1.165) is 126 Å². The molecule has 0 aliphatic carbocycles. The number of carbonyl (C=O) groups excluding carboxylic acids is 4. The van der Waals surface area contributed by atoms with Crippen LogP contribution in [0.25, 0.3) is 0 Å². The molecule has 95 heavy (non-hydrogen) atoms. The molecule has 0 saturated heterocycles. The summed E-state index contributed by atoms with van der Waals surface area (Å²) < 4.78 is 68.5. The Hall–Kier alpha value is -1.94. The predicted molar refractivity (Wildman–Crippen MR) is 386 cm³/mol. The zero-order chi connectivity index (χ0) is 70.3. The van der Waals surface area contributed by atoms with Gasteiger partial charge in [0.2, 0.25) is 0 Å². The summed E-state index contributed by atoms with van der Waals surface area (Å²) in [5.41, 5.74) is 0. The Bertz CT molecular complexity index is 1870. The van der Waals surface area contributed by atoms with E-state index in [1.807, 2.05) is 0 Å². The number of carbonyl (C=O) groups is 4. The summed E-state index contributed by atoms with van der Waals surface area (Å²) in [6, 6.07) is 0. The Morgan fingerprint density at radius 3 is 0.747 bits per heavy atom. The van der Waals surface area contributed by atoms with E-state index in [1.54, 1.807) is 0 Å². The minimum absolute atomic E-state index is 0.105. The van der Waals surface area contributed by atoms with Gasteiger partial charge in [0, 0.05) is 25.7 Å². The van der Waals surface area contributed by atoms with Gasteiger partial charge in [-0.15, -0.1) is 0 Å². The summed E-state index contributed by atoms with van der Waals surface area (Å²) in [6.45, 7) is 14.2. The van der Waals surface area contributed by atoms with Gasteiger partial charge in [-0.1, -0.05) is 331 Å². The number of aliphatic hydroxyl groups excluding tert-OH is 1. The Kier molecular flexibility index (Phi) is 64.0. The van der Waals surface area contributed by atoms with Crippen LogP contribution in [0.4, 0.5) is 0 Å². The molecule has 0 aromatic carbocycles. The molecule has 0 fully saturated rings. The number of rotatable bonds is 73. The third-order valence-electron chi connectivity index (χ3n) is 18.7. The molecule has 0 amide bonds. The maximum absolute atomic E-state index is 13.1. The fourth-order valence-electron chi connectivity index (χ4n) is 11.5. The molecule has 0 aromatic heterocycles. The van der Waals surface area contributed by atoms with E-state index in [0.29, 0.717) is 25.7 Å².